The van der Waals surface area contributed by atoms with Gasteiger partial charge in [0.1, 0.15) is 5.60 Å². The SMILES string of the molecule is CC(C)(C)OC=O.c1ccc(-c2ccccc2CN2CCNCC2)cc1. The number of benzene rings is 2. The summed E-state index contributed by atoms with van der Waals surface area (Å²) in [6, 6.07) is 19.4. The number of nitrogens with zero attached hydrogens (tertiary/aromatic N) is 1. The molecule has 2 aromatic carbocycles. The Morgan fingerprint density at radius 2 is 1.62 bits per heavy atom. The van der Waals surface area contributed by atoms with E-state index in [1.165, 1.54) is 16.7 Å². The molecule has 0 amide bonds. The molecule has 1 aliphatic heterocycles. The molecule has 4 heteroatoms. The lowest BCUT2D eigenvalue weighted by Gasteiger charge is -2.28. The van der Waals surface area contributed by atoms with Gasteiger partial charge in [-0.3, -0.25) is 9.69 Å². The molecule has 0 aliphatic carbocycles. The molecule has 0 aromatic heterocycles. The standard InChI is InChI=1S/C17H20N2.C5H10O2/c1-2-6-15(7-3-1)17-9-5-4-8-16(17)14-19-12-10-18-11-13-19;1-5(2,3)7-4-6/h1-9,18H,10-14H2;4H,1-3H3. The van der Waals surface area contributed by atoms with Crippen molar-refractivity contribution in [1.29, 1.82) is 0 Å². The highest BCUT2D eigenvalue weighted by Crippen LogP contribution is 2.24. The lowest BCUT2D eigenvalue weighted by atomic mass is 9.99. The number of piperazine rings is 1. The fourth-order valence-electron chi connectivity index (χ4n) is 2.81. The second kappa shape index (κ2) is 10.1. The van der Waals surface area contributed by atoms with Crippen LogP contribution < -0.4 is 5.32 Å². The maximum Gasteiger partial charge on any atom is 0.293 e. The first-order valence-corrected chi connectivity index (χ1v) is 9.17. The highest BCUT2D eigenvalue weighted by Gasteiger charge is 2.12. The predicted octanol–water partition coefficient (Wildman–Crippen LogP) is 3.72. The van der Waals surface area contributed by atoms with Crippen LogP contribution in [0.25, 0.3) is 11.1 Å². The second-order valence-corrected chi connectivity index (χ2v) is 7.38. The summed E-state index contributed by atoms with van der Waals surface area (Å²) in [5, 5.41) is 3.41. The number of hydrogen-bond donors (Lipinski definition) is 1. The van der Waals surface area contributed by atoms with E-state index in [1.807, 2.05) is 20.8 Å². The van der Waals surface area contributed by atoms with Crippen molar-refractivity contribution in [2.75, 3.05) is 26.2 Å². The van der Waals surface area contributed by atoms with Crippen molar-refractivity contribution >= 4 is 6.47 Å². The van der Waals surface area contributed by atoms with Crippen LogP contribution in [0.15, 0.2) is 54.6 Å². The van der Waals surface area contributed by atoms with E-state index in [1.54, 1.807) is 0 Å². The lowest BCUT2D eigenvalue weighted by molar-refractivity contribution is -0.138. The third kappa shape index (κ3) is 6.98. The van der Waals surface area contributed by atoms with Gasteiger partial charge in [0.05, 0.1) is 0 Å². The monoisotopic (exact) mass is 354 g/mol. The zero-order valence-electron chi connectivity index (χ0n) is 16.1. The average Bonchev–Trinajstić information content (AvgIpc) is 2.63. The van der Waals surface area contributed by atoms with Gasteiger partial charge >= 0.3 is 0 Å². The first-order chi connectivity index (χ1) is 12.5. The Hall–Kier alpha value is -2.17. The average molecular weight is 354 g/mol. The molecule has 140 valence electrons. The number of carbonyl (C=O) groups excluding carboxylic acids is 1. The molecule has 0 unspecified atom stereocenters. The van der Waals surface area contributed by atoms with Crippen LogP contribution in [0.1, 0.15) is 26.3 Å². The Morgan fingerprint density at radius 1 is 1.00 bits per heavy atom. The maximum absolute atomic E-state index is 9.60. The number of carbonyl (C=O) groups is 1. The third-order valence-corrected chi connectivity index (χ3v) is 4.11. The molecular weight excluding hydrogens is 324 g/mol. The fraction of sp³-hybridized carbons (Fsp3) is 0.409. The summed E-state index contributed by atoms with van der Waals surface area (Å²) in [6.07, 6.45) is 0. The smallest absolute Gasteiger partial charge is 0.293 e. The second-order valence-electron chi connectivity index (χ2n) is 7.38. The first-order valence-electron chi connectivity index (χ1n) is 9.17. The summed E-state index contributed by atoms with van der Waals surface area (Å²) < 4.78 is 4.55. The first kappa shape index (κ1) is 20.1. The van der Waals surface area contributed by atoms with Crippen molar-refractivity contribution in [3.63, 3.8) is 0 Å². The normalized spacial score (nSPS) is 14.9. The van der Waals surface area contributed by atoms with E-state index < -0.39 is 0 Å². The molecule has 0 spiro atoms. The van der Waals surface area contributed by atoms with Crippen molar-refractivity contribution in [3.05, 3.63) is 60.2 Å². The van der Waals surface area contributed by atoms with Gasteiger partial charge in [-0.1, -0.05) is 54.6 Å². The van der Waals surface area contributed by atoms with E-state index in [4.69, 9.17) is 0 Å². The Balaban J connectivity index is 0.000000298. The van der Waals surface area contributed by atoms with Gasteiger partial charge in [-0.25, -0.2) is 0 Å². The molecule has 1 aliphatic rings. The van der Waals surface area contributed by atoms with Crippen LogP contribution in [0.4, 0.5) is 0 Å². The van der Waals surface area contributed by atoms with Crippen LogP contribution in [0.2, 0.25) is 0 Å². The lowest BCUT2D eigenvalue weighted by Crippen LogP contribution is -2.42. The van der Waals surface area contributed by atoms with Crippen molar-refractivity contribution in [1.82, 2.24) is 10.2 Å². The third-order valence-electron chi connectivity index (χ3n) is 4.11. The fourth-order valence-corrected chi connectivity index (χ4v) is 2.81. The molecule has 3 rings (SSSR count). The van der Waals surface area contributed by atoms with Gasteiger partial charge in [0.15, 0.2) is 0 Å². The minimum atomic E-state index is -0.318. The van der Waals surface area contributed by atoms with Gasteiger partial charge in [0, 0.05) is 32.7 Å². The quantitative estimate of drug-likeness (QED) is 0.850. The minimum absolute atomic E-state index is 0.318. The molecular formula is C22H30N2O2. The molecule has 1 heterocycles. The highest BCUT2D eigenvalue weighted by atomic mass is 16.5. The Morgan fingerprint density at radius 3 is 2.19 bits per heavy atom. The molecule has 2 aromatic rings. The molecule has 1 N–H and O–H groups in total. The molecule has 0 radical (unpaired) electrons. The van der Waals surface area contributed by atoms with Crippen molar-refractivity contribution in [3.8, 4) is 11.1 Å². The number of hydrogen-bond acceptors (Lipinski definition) is 4. The van der Waals surface area contributed by atoms with Gasteiger partial charge in [-0.15, -0.1) is 0 Å². The summed E-state index contributed by atoms with van der Waals surface area (Å²) in [7, 11) is 0. The van der Waals surface area contributed by atoms with Crippen molar-refractivity contribution < 1.29 is 9.53 Å². The van der Waals surface area contributed by atoms with E-state index in [0.717, 1.165) is 32.7 Å². The van der Waals surface area contributed by atoms with E-state index in [2.05, 4.69) is 69.6 Å². The summed E-state index contributed by atoms with van der Waals surface area (Å²) in [5.41, 5.74) is 3.78. The van der Waals surface area contributed by atoms with E-state index in [9.17, 15) is 4.79 Å². The number of ether oxygens (including phenoxy) is 1. The zero-order chi connectivity index (χ0) is 18.8. The highest BCUT2D eigenvalue weighted by molar-refractivity contribution is 5.67. The van der Waals surface area contributed by atoms with Crippen LogP contribution in [-0.2, 0) is 16.1 Å². The summed E-state index contributed by atoms with van der Waals surface area (Å²) in [6.45, 7) is 11.5. The zero-order valence-corrected chi connectivity index (χ0v) is 16.1. The molecule has 0 atom stereocenters. The van der Waals surface area contributed by atoms with Crippen LogP contribution in [0, 0.1) is 0 Å². The van der Waals surface area contributed by atoms with E-state index in [0.29, 0.717) is 6.47 Å². The Kier molecular flexibility index (Phi) is 7.82. The number of nitrogens with one attached hydrogen (secondary N) is 1. The molecule has 26 heavy (non-hydrogen) atoms. The van der Waals surface area contributed by atoms with Crippen LogP contribution >= 0.6 is 0 Å². The molecule has 1 saturated heterocycles. The molecule has 0 saturated carbocycles. The van der Waals surface area contributed by atoms with E-state index in [-0.39, 0.29) is 5.60 Å². The topological polar surface area (TPSA) is 41.6 Å². The van der Waals surface area contributed by atoms with Gasteiger partial charge in [0.2, 0.25) is 0 Å². The van der Waals surface area contributed by atoms with Gasteiger partial charge in [-0.05, 0) is 37.5 Å². The molecule has 0 bridgehead atoms. The van der Waals surface area contributed by atoms with Gasteiger partial charge < -0.3 is 10.1 Å². The molecule has 1 fully saturated rings. The van der Waals surface area contributed by atoms with E-state index >= 15 is 0 Å². The minimum Gasteiger partial charge on any atom is -0.462 e. The van der Waals surface area contributed by atoms with Crippen LogP contribution in [0.3, 0.4) is 0 Å². The number of rotatable bonds is 4. The van der Waals surface area contributed by atoms with Crippen molar-refractivity contribution in [2.45, 2.75) is 32.9 Å². The van der Waals surface area contributed by atoms with Crippen LogP contribution in [0.5, 0.6) is 0 Å². The maximum atomic E-state index is 9.60. The largest absolute Gasteiger partial charge is 0.462 e. The van der Waals surface area contributed by atoms with Gasteiger partial charge in [0.25, 0.3) is 6.47 Å². The van der Waals surface area contributed by atoms with Crippen molar-refractivity contribution in [2.24, 2.45) is 0 Å². The van der Waals surface area contributed by atoms with Gasteiger partial charge in [-0.2, -0.15) is 0 Å². The summed E-state index contributed by atoms with van der Waals surface area (Å²) in [5.74, 6) is 0. The summed E-state index contributed by atoms with van der Waals surface area (Å²) in [4.78, 5) is 12.1. The Labute approximate surface area is 157 Å². The summed E-state index contributed by atoms with van der Waals surface area (Å²) >= 11 is 0. The predicted molar refractivity (Wildman–Crippen MR) is 107 cm³/mol. The van der Waals surface area contributed by atoms with Crippen LogP contribution in [-0.4, -0.2) is 43.2 Å². The Bertz CT molecular complexity index is 659. The molecule has 4 nitrogen and oxygen atoms in total.